The molecule has 112 valence electrons. The van der Waals surface area contributed by atoms with E-state index in [4.69, 9.17) is 9.84 Å². The first kappa shape index (κ1) is 17.0. The largest absolute Gasteiger partial charge is 0.478 e. The van der Waals surface area contributed by atoms with Gasteiger partial charge in [0, 0.05) is 24.7 Å². The molecule has 0 spiro atoms. The van der Waals surface area contributed by atoms with Crippen LogP contribution in [0.1, 0.15) is 16.8 Å². The minimum Gasteiger partial charge on any atom is -0.478 e. The van der Waals surface area contributed by atoms with Gasteiger partial charge in [-0.05, 0) is 18.6 Å². The molecule has 1 aromatic carbocycles. The van der Waals surface area contributed by atoms with Crippen molar-refractivity contribution in [3.8, 4) is 0 Å². The fourth-order valence-corrected chi connectivity index (χ4v) is 3.22. The summed E-state index contributed by atoms with van der Waals surface area (Å²) in [5.41, 5.74) is -0.711. The smallest absolute Gasteiger partial charge is 0.338 e. The zero-order valence-corrected chi connectivity index (χ0v) is 12.9. The van der Waals surface area contributed by atoms with Crippen molar-refractivity contribution >= 4 is 31.9 Å². The van der Waals surface area contributed by atoms with Crippen LogP contribution in [0, 0.1) is 5.82 Å². The van der Waals surface area contributed by atoms with E-state index >= 15 is 0 Å². The molecule has 0 saturated carbocycles. The molecule has 0 unspecified atom stereocenters. The minimum atomic E-state index is -4.12. The second-order valence-electron chi connectivity index (χ2n) is 3.81. The lowest BCUT2D eigenvalue weighted by Crippen LogP contribution is -2.27. The van der Waals surface area contributed by atoms with Crippen molar-refractivity contribution in [3.05, 3.63) is 28.0 Å². The lowest BCUT2D eigenvalue weighted by atomic mass is 10.2. The van der Waals surface area contributed by atoms with Crippen LogP contribution in [0.2, 0.25) is 0 Å². The van der Waals surface area contributed by atoms with Gasteiger partial charge >= 0.3 is 5.97 Å². The Balaban J connectivity index is 3.09. The third kappa shape index (κ3) is 4.23. The molecule has 0 radical (unpaired) electrons. The highest BCUT2D eigenvalue weighted by Gasteiger charge is 2.24. The standard InChI is InChI=1S/C11H13BrFNO5S/c1-19-4-2-3-14-20(17,18)9-6-7(12)5-8(10(9)13)11(15)16/h5-6,14H,2-4H2,1H3,(H,15,16). The Bertz CT molecular complexity index is 605. The van der Waals surface area contributed by atoms with Crippen LogP contribution < -0.4 is 4.72 Å². The molecule has 20 heavy (non-hydrogen) atoms. The highest BCUT2D eigenvalue weighted by atomic mass is 79.9. The molecular weight excluding hydrogens is 357 g/mol. The third-order valence-electron chi connectivity index (χ3n) is 2.34. The number of nitrogens with one attached hydrogen (secondary N) is 1. The summed E-state index contributed by atoms with van der Waals surface area (Å²) in [6.07, 6.45) is 0.414. The average molecular weight is 370 g/mol. The van der Waals surface area contributed by atoms with Crippen molar-refractivity contribution in [1.82, 2.24) is 4.72 Å². The molecule has 6 nitrogen and oxygen atoms in total. The van der Waals surface area contributed by atoms with Crippen LogP contribution in [0.5, 0.6) is 0 Å². The molecular formula is C11H13BrFNO5S. The summed E-state index contributed by atoms with van der Waals surface area (Å²) in [5, 5.41) is 8.83. The lowest BCUT2D eigenvalue weighted by Gasteiger charge is -2.09. The van der Waals surface area contributed by atoms with Gasteiger partial charge < -0.3 is 9.84 Å². The van der Waals surface area contributed by atoms with Gasteiger partial charge in [-0.3, -0.25) is 0 Å². The maximum absolute atomic E-state index is 13.9. The van der Waals surface area contributed by atoms with Gasteiger partial charge in [0.25, 0.3) is 0 Å². The molecule has 0 bridgehead atoms. The van der Waals surface area contributed by atoms with E-state index in [0.29, 0.717) is 13.0 Å². The number of benzene rings is 1. The van der Waals surface area contributed by atoms with Crippen molar-refractivity contribution in [1.29, 1.82) is 0 Å². The molecule has 0 aliphatic heterocycles. The molecule has 0 saturated heterocycles. The Morgan fingerprint density at radius 1 is 1.50 bits per heavy atom. The van der Waals surface area contributed by atoms with E-state index in [9.17, 15) is 17.6 Å². The quantitative estimate of drug-likeness (QED) is 0.712. The summed E-state index contributed by atoms with van der Waals surface area (Å²) in [5.74, 6) is -2.83. The predicted molar refractivity (Wildman–Crippen MR) is 72.7 cm³/mol. The molecule has 0 fully saturated rings. The summed E-state index contributed by atoms with van der Waals surface area (Å²) in [4.78, 5) is 10.2. The SMILES string of the molecule is COCCCNS(=O)(=O)c1cc(Br)cc(C(=O)O)c1F. The van der Waals surface area contributed by atoms with Crippen molar-refractivity contribution in [2.45, 2.75) is 11.3 Å². The Labute approximate surface area is 124 Å². The first-order valence-electron chi connectivity index (χ1n) is 5.50. The number of carboxylic acid groups (broad SMARTS) is 1. The predicted octanol–water partition coefficient (Wildman–Crippen LogP) is 1.60. The maximum Gasteiger partial charge on any atom is 0.338 e. The van der Waals surface area contributed by atoms with Gasteiger partial charge in [-0.2, -0.15) is 0 Å². The van der Waals surface area contributed by atoms with Crippen molar-refractivity contribution in [2.75, 3.05) is 20.3 Å². The number of sulfonamides is 1. The number of carbonyl (C=O) groups is 1. The van der Waals surface area contributed by atoms with Crippen LogP contribution >= 0.6 is 15.9 Å². The zero-order chi connectivity index (χ0) is 15.3. The van der Waals surface area contributed by atoms with Gasteiger partial charge in [-0.1, -0.05) is 15.9 Å². The highest BCUT2D eigenvalue weighted by Crippen LogP contribution is 2.24. The Morgan fingerprint density at radius 3 is 2.70 bits per heavy atom. The Morgan fingerprint density at radius 2 is 2.15 bits per heavy atom. The minimum absolute atomic E-state index is 0.0601. The van der Waals surface area contributed by atoms with Crippen LogP contribution in [0.4, 0.5) is 4.39 Å². The normalized spacial score (nSPS) is 11.6. The number of halogens is 2. The Kier molecular flexibility index (Phi) is 6.06. The summed E-state index contributed by atoms with van der Waals surface area (Å²) < 4.78 is 44.9. The van der Waals surface area contributed by atoms with E-state index in [1.807, 2.05) is 0 Å². The van der Waals surface area contributed by atoms with Crippen molar-refractivity contribution in [3.63, 3.8) is 0 Å². The van der Waals surface area contributed by atoms with Crippen LogP contribution in [-0.4, -0.2) is 39.8 Å². The fraction of sp³-hybridized carbons (Fsp3) is 0.364. The monoisotopic (exact) mass is 369 g/mol. The van der Waals surface area contributed by atoms with Gasteiger partial charge in [-0.15, -0.1) is 0 Å². The summed E-state index contributed by atoms with van der Waals surface area (Å²) in [7, 11) is -2.65. The van der Waals surface area contributed by atoms with Crippen molar-refractivity contribution in [2.24, 2.45) is 0 Å². The average Bonchev–Trinajstić information content (AvgIpc) is 2.36. The number of methoxy groups -OCH3 is 1. The third-order valence-corrected chi connectivity index (χ3v) is 4.26. The molecule has 0 amide bonds. The first-order valence-corrected chi connectivity index (χ1v) is 7.78. The van der Waals surface area contributed by atoms with Gasteiger partial charge in [0.05, 0.1) is 5.56 Å². The van der Waals surface area contributed by atoms with E-state index in [1.54, 1.807) is 0 Å². The van der Waals surface area contributed by atoms with E-state index in [-0.39, 0.29) is 11.0 Å². The fourth-order valence-electron chi connectivity index (χ4n) is 1.42. The van der Waals surface area contributed by atoms with E-state index < -0.39 is 32.3 Å². The van der Waals surface area contributed by atoms with Gasteiger partial charge in [0.2, 0.25) is 10.0 Å². The second kappa shape index (κ2) is 7.11. The van der Waals surface area contributed by atoms with Gasteiger partial charge in [-0.25, -0.2) is 22.3 Å². The first-order chi connectivity index (χ1) is 9.29. The summed E-state index contributed by atoms with van der Waals surface area (Å²) in [6, 6.07) is 2.02. The van der Waals surface area contributed by atoms with E-state index in [2.05, 4.69) is 20.7 Å². The summed E-state index contributed by atoms with van der Waals surface area (Å²) >= 11 is 2.96. The number of hydrogen-bond donors (Lipinski definition) is 2. The van der Waals surface area contributed by atoms with Crippen molar-refractivity contribution < 1.29 is 27.4 Å². The number of aromatic carboxylic acids is 1. The molecule has 9 heteroatoms. The molecule has 1 aromatic rings. The van der Waals surface area contributed by atoms with Crippen LogP contribution in [0.25, 0.3) is 0 Å². The van der Waals surface area contributed by atoms with Gasteiger partial charge in [0.1, 0.15) is 4.90 Å². The van der Waals surface area contributed by atoms with Gasteiger partial charge in [0.15, 0.2) is 5.82 Å². The molecule has 1 rings (SSSR count). The number of ether oxygens (including phenoxy) is 1. The highest BCUT2D eigenvalue weighted by molar-refractivity contribution is 9.10. The molecule has 0 atom stereocenters. The molecule has 0 aromatic heterocycles. The van der Waals surface area contributed by atoms with E-state index in [0.717, 1.165) is 12.1 Å². The topological polar surface area (TPSA) is 92.7 Å². The molecule has 0 aliphatic rings. The molecule has 0 aliphatic carbocycles. The summed E-state index contributed by atoms with van der Waals surface area (Å²) in [6.45, 7) is 0.411. The second-order valence-corrected chi connectivity index (χ2v) is 6.47. The maximum atomic E-state index is 13.9. The van der Waals surface area contributed by atoms with E-state index in [1.165, 1.54) is 7.11 Å². The lowest BCUT2D eigenvalue weighted by molar-refractivity contribution is 0.0691. The number of hydrogen-bond acceptors (Lipinski definition) is 4. The number of rotatable bonds is 7. The molecule has 2 N–H and O–H groups in total. The van der Waals surface area contributed by atoms with Crippen LogP contribution in [-0.2, 0) is 14.8 Å². The molecule has 0 heterocycles. The zero-order valence-electron chi connectivity index (χ0n) is 10.5. The Hall–Kier alpha value is -1.03. The van der Waals surface area contributed by atoms with Crippen LogP contribution in [0.3, 0.4) is 0 Å². The number of carboxylic acids is 1. The van der Waals surface area contributed by atoms with Crippen LogP contribution in [0.15, 0.2) is 21.5 Å².